The van der Waals surface area contributed by atoms with Gasteiger partial charge in [-0.05, 0) is 43.2 Å². The number of aryl methyl sites for hydroxylation is 1. The molecule has 200 valence electrons. The number of aromatic amines is 1. The van der Waals surface area contributed by atoms with Crippen molar-refractivity contribution >= 4 is 16.6 Å². The highest BCUT2D eigenvalue weighted by Gasteiger charge is 2.61. The molecule has 0 radical (unpaired) electrons. The van der Waals surface area contributed by atoms with Crippen LogP contribution in [0.1, 0.15) is 53.3 Å². The number of nitrogens with one attached hydrogen (secondary N) is 1. The van der Waals surface area contributed by atoms with E-state index in [4.69, 9.17) is 18.3 Å². The molecule has 11 heteroatoms. The number of nitrogens with zero attached hydrogens (tertiary/aromatic N) is 1. The second kappa shape index (κ2) is 9.75. The number of aliphatic hydroxyl groups excluding tert-OH is 1. The Morgan fingerprint density at radius 2 is 1.69 bits per heavy atom. The van der Waals surface area contributed by atoms with E-state index in [1.165, 1.54) is 17.0 Å². The summed E-state index contributed by atoms with van der Waals surface area (Å²) in [5.41, 5.74) is -0.889. The zero-order chi connectivity index (χ0) is 27.2. The van der Waals surface area contributed by atoms with Crippen molar-refractivity contribution in [1.82, 2.24) is 9.55 Å². The van der Waals surface area contributed by atoms with E-state index >= 15 is 0 Å². The van der Waals surface area contributed by atoms with E-state index in [2.05, 4.69) is 79.3 Å². The van der Waals surface area contributed by atoms with Gasteiger partial charge in [-0.2, -0.15) is 0 Å². The highest BCUT2D eigenvalue weighted by molar-refractivity contribution is 6.74. The van der Waals surface area contributed by atoms with Gasteiger partial charge >= 0.3 is 5.69 Å². The van der Waals surface area contributed by atoms with Crippen LogP contribution in [0.5, 0.6) is 0 Å². The number of ether oxygens (including phenoxy) is 2. The lowest BCUT2D eigenvalue weighted by molar-refractivity contribution is -0.252. The van der Waals surface area contributed by atoms with Gasteiger partial charge in [0.25, 0.3) is 11.3 Å². The quantitative estimate of drug-likeness (QED) is 0.387. The molecule has 0 saturated carbocycles. The van der Waals surface area contributed by atoms with Crippen LogP contribution in [-0.4, -0.2) is 55.9 Å². The van der Waals surface area contributed by atoms with Crippen LogP contribution in [0.25, 0.3) is 0 Å². The largest absolute Gasteiger partial charge is 0.465 e. The zero-order valence-electron chi connectivity index (χ0n) is 23.1. The molecule has 4 atom stereocenters. The second-order valence-electron chi connectivity index (χ2n) is 12.4. The number of aliphatic hydroxyl groups is 1. The molecule has 0 amide bonds. The van der Waals surface area contributed by atoms with Crippen LogP contribution in [0.15, 0.2) is 28.6 Å². The molecular weight excluding hydrogens is 484 g/mol. The van der Waals surface area contributed by atoms with E-state index in [1.807, 2.05) is 0 Å². The lowest BCUT2D eigenvalue weighted by Gasteiger charge is -2.44. The Morgan fingerprint density at radius 3 is 2.17 bits per heavy atom. The maximum absolute atomic E-state index is 12.7. The van der Waals surface area contributed by atoms with Gasteiger partial charge < -0.3 is 23.4 Å². The Balaban J connectivity index is 2.63. The summed E-state index contributed by atoms with van der Waals surface area (Å²) in [5, 5.41) is 11.3. The van der Waals surface area contributed by atoms with E-state index in [-0.39, 0.29) is 16.7 Å². The lowest BCUT2D eigenvalue weighted by atomic mass is 10.1. The molecule has 1 fully saturated rings. The SMILES string of the molecule is C=CO[C@]1(CO[Si](C)(C)C(C)(C)C)O[C@@H](n2cc(C)c(=O)[nH]c2=O)[C@@H](O)C1O[Si](C)(C)C(C)(C)C. The standard InChI is InChI=1S/C24H44N2O7Si2/c1-13-30-24(15-31-34(9,10)22(3,4)5)18(33-35(11,12)23(6,7)8)17(27)20(32-24)26-14-16(2)19(28)25-21(26)29/h13-14,17-18,20,27H,1,15H2,2-12H3,(H,25,28,29)/t17-,18?,20+,24+/m0/s1. The summed E-state index contributed by atoms with van der Waals surface area (Å²) in [6, 6.07) is 0. The number of hydrogen-bond acceptors (Lipinski definition) is 7. The average Bonchev–Trinajstić information content (AvgIpc) is 2.94. The fourth-order valence-corrected chi connectivity index (χ4v) is 5.59. The normalized spacial score (nSPS) is 26.1. The molecule has 2 N–H and O–H groups in total. The van der Waals surface area contributed by atoms with E-state index in [0.717, 1.165) is 0 Å². The van der Waals surface area contributed by atoms with Gasteiger partial charge in [-0.25, -0.2) is 4.79 Å². The molecule has 9 nitrogen and oxygen atoms in total. The predicted octanol–water partition coefficient (Wildman–Crippen LogP) is 4.00. The fourth-order valence-electron chi connectivity index (χ4n) is 3.28. The van der Waals surface area contributed by atoms with Crippen molar-refractivity contribution in [3.05, 3.63) is 45.4 Å². The Labute approximate surface area is 210 Å². The molecule has 0 aromatic carbocycles. The maximum atomic E-state index is 12.7. The molecule has 1 aliphatic rings. The highest BCUT2D eigenvalue weighted by Crippen LogP contribution is 2.46. The summed E-state index contributed by atoms with van der Waals surface area (Å²) in [7, 11) is -4.71. The molecule has 1 unspecified atom stereocenters. The van der Waals surface area contributed by atoms with Gasteiger partial charge in [0.05, 0.1) is 6.26 Å². The smallest absolute Gasteiger partial charge is 0.330 e. The molecule has 2 rings (SSSR count). The summed E-state index contributed by atoms with van der Waals surface area (Å²) >= 11 is 0. The maximum Gasteiger partial charge on any atom is 0.330 e. The molecule has 0 aliphatic carbocycles. The summed E-state index contributed by atoms with van der Waals surface area (Å²) in [6.07, 6.45) is -0.814. The number of hydrogen-bond donors (Lipinski definition) is 2. The lowest BCUT2D eigenvalue weighted by Crippen LogP contribution is -2.57. The van der Waals surface area contributed by atoms with Gasteiger partial charge in [-0.15, -0.1) is 0 Å². The molecule has 1 aliphatic heterocycles. The van der Waals surface area contributed by atoms with Crippen LogP contribution >= 0.6 is 0 Å². The summed E-state index contributed by atoms with van der Waals surface area (Å²) < 4.78 is 26.6. The Morgan fingerprint density at radius 1 is 1.14 bits per heavy atom. The monoisotopic (exact) mass is 528 g/mol. The van der Waals surface area contributed by atoms with E-state index < -0.39 is 52.1 Å². The Kier molecular flexibility index (Phi) is 8.28. The van der Waals surface area contributed by atoms with Gasteiger partial charge in [0.2, 0.25) is 0 Å². The Hall–Kier alpha value is -1.51. The van der Waals surface area contributed by atoms with Gasteiger partial charge in [0.15, 0.2) is 22.9 Å². The molecule has 1 aromatic heterocycles. The molecule has 2 heterocycles. The fraction of sp³-hybridized carbons (Fsp3) is 0.750. The highest BCUT2D eigenvalue weighted by atomic mass is 28.4. The average molecular weight is 529 g/mol. The second-order valence-corrected chi connectivity index (χ2v) is 22.0. The van der Waals surface area contributed by atoms with Gasteiger partial charge in [0.1, 0.15) is 18.8 Å². The van der Waals surface area contributed by atoms with Gasteiger partial charge in [-0.1, -0.05) is 48.1 Å². The topological polar surface area (TPSA) is 112 Å². The minimum absolute atomic E-state index is 0.0283. The first-order chi connectivity index (χ1) is 15.7. The molecule has 0 bridgehead atoms. The molecule has 1 aromatic rings. The van der Waals surface area contributed by atoms with E-state index in [0.29, 0.717) is 5.56 Å². The molecular formula is C24H44N2O7Si2. The molecule has 1 saturated heterocycles. The van der Waals surface area contributed by atoms with Crippen LogP contribution in [0.4, 0.5) is 0 Å². The minimum Gasteiger partial charge on any atom is -0.465 e. The van der Waals surface area contributed by atoms with Crippen molar-refractivity contribution < 1.29 is 23.4 Å². The number of aromatic nitrogens is 2. The Bertz CT molecular complexity index is 1040. The van der Waals surface area contributed by atoms with Crippen LogP contribution < -0.4 is 11.2 Å². The molecule has 0 spiro atoms. The van der Waals surface area contributed by atoms with Crippen molar-refractivity contribution in [3.63, 3.8) is 0 Å². The third-order valence-corrected chi connectivity index (χ3v) is 16.7. The van der Waals surface area contributed by atoms with Crippen LogP contribution in [0.2, 0.25) is 36.3 Å². The first-order valence-corrected chi connectivity index (χ1v) is 17.8. The molecule has 35 heavy (non-hydrogen) atoms. The van der Waals surface area contributed by atoms with Crippen LogP contribution in [0.3, 0.4) is 0 Å². The zero-order valence-corrected chi connectivity index (χ0v) is 25.1. The van der Waals surface area contributed by atoms with Crippen LogP contribution in [0, 0.1) is 6.92 Å². The predicted molar refractivity (Wildman–Crippen MR) is 141 cm³/mol. The summed E-state index contributed by atoms with van der Waals surface area (Å²) in [5.74, 6) is -1.56. The van der Waals surface area contributed by atoms with Crippen LogP contribution in [-0.2, 0) is 18.3 Å². The van der Waals surface area contributed by atoms with Gasteiger partial charge in [-0.3, -0.25) is 14.3 Å². The minimum atomic E-state index is -2.45. The van der Waals surface area contributed by atoms with E-state index in [9.17, 15) is 14.7 Å². The van der Waals surface area contributed by atoms with Crippen molar-refractivity contribution in [2.75, 3.05) is 6.61 Å². The first kappa shape index (κ1) is 29.7. The third-order valence-electron chi connectivity index (χ3n) is 7.73. The number of H-pyrrole nitrogens is 1. The van der Waals surface area contributed by atoms with Crippen molar-refractivity contribution in [2.45, 2.75) is 109 Å². The van der Waals surface area contributed by atoms with E-state index in [1.54, 1.807) is 6.92 Å². The van der Waals surface area contributed by atoms with Crippen molar-refractivity contribution in [1.29, 1.82) is 0 Å². The van der Waals surface area contributed by atoms with Gasteiger partial charge in [0, 0.05) is 11.8 Å². The van der Waals surface area contributed by atoms with Crippen molar-refractivity contribution in [2.24, 2.45) is 0 Å². The first-order valence-electron chi connectivity index (χ1n) is 12.0. The third kappa shape index (κ3) is 5.91. The van der Waals surface area contributed by atoms with Crippen molar-refractivity contribution in [3.8, 4) is 0 Å². The number of rotatable bonds is 8. The summed E-state index contributed by atoms with van der Waals surface area (Å²) in [6.45, 7) is 26.3. The summed E-state index contributed by atoms with van der Waals surface area (Å²) in [4.78, 5) is 26.9.